The van der Waals surface area contributed by atoms with Gasteiger partial charge in [-0.15, -0.1) is 0 Å². The van der Waals surface area contributed by atoms with Crippen LogP contribution in [0.15, 0.2) is 0 Å². The molecule has 0 saturated heterocycles. The number of hydrogen-bond donors (Lipinski definition) is 0. The Bertz CT molecular complexity index is 21.3. The third-order valence-corrected chi connectivity index (χ3v) is 0. The summed E-state index contributed by atoms with van der Waals surface area (Å²) in [5, 5.41) is 0. The monoisotopic (exact) mass is 204 g/mol. The van der Waals surface area contributed by atoms with Crippen LogP contribution in [0.25, 0.3) is 0 Å². The minimum Gasteiger partial charge on any atom is -2.00 e. The van der Waals surface area contributed by atoms with Crippen LogP contribution in [0.1, 0.15) is 5.71 Å². The van der Waals surface area contributed by atoms with Crippen molar-refractivity contribution in [1.82, 2.24) is 0 Å². The van der Waals surface area contributed by atoms with Crippen LogP contribution in [0, 0.1) is 0 Å². The second-order valence-corrected chi connectivity index (χ2v) is 0. The molecule has 0 fully saturated rings. The van der Waals surface area contributed by atoms with Crippen LogP contribution >= 0.6 is 0 Å². The third-order valence-electron chi connectivity index (χ3n) is 0. The summed E-state index contributed by atoms with van der Waals surface area (Å²) in [5.41, 5.74) is 0. The Morgan fingerprint density at radius 2 is 0.571 bits per heavy atom. The van der Waals surface area contributed by atoms with Crippen LogP contribution in [0.5, 0.6) is 0 Å². The van der Waals surface area contributed by atoms with Gasteiger partial charge in [-0.05, 0) is 0 Å². The van der Waals surface area contributed by atoms with E-state index in [1.165, 1.54) is 0 Å². The predicted octanol–water partition coefficient (Wildman–Crippen LogP) is -0.673. The fourth-order valence-corrected chi connectivity index (χ4v) is 0. The topological polar surface area (TPSA) is 85.5 Å². The van der Waals surface area contributed by atoms with E-state index < -0.39 is 0 Å². The molecule has 0 rings (SSSR count). The van der Waals surface area contributed by atoms with Crippen LogP contribution < -0.4 is 0 Å². The summed E-state index contributed by atoms with van der Waals surface area (Å²) in [7, 11) is 0. The van der Waals surface area contributed by atoms with Crippen LogP contribution in [-0.2, 0) is 51.2 Å². The number of rotatable bonds is 0. The second kappa shape index (κ2) is 77.2. The van der Waals surface area contributed by atoms with E-state index in [0.717, 1.165) is 0 Å². The van der Waals surface area contributed by atoms with E-state index in [1.807, 2.05) is 0 Å². The summed E-state index contributed by atoms with van der Waals surface area (Å²) in [4.78, 5) is 0. The standard InChI is InChI=1S/2Cr.2Mg.3O.4H/q2*+3;2*+2;3*-2;4*-1. The van der Waals surface area contributed by atoms with Crippen LogP contribution in [0.2, 0.25) is 0 Å². The van der Waals surface area contributed by atoms with Crippen molar-refractivity contribution in [2.45, 2.75) is 0 Å². The molecule has 0 heterocycles. The smallest absolute Gasteiger partial charge is 2.00 e. The van der Waals surface area contributed by atoms with Crippen LogP contribution in [0.4, 0.5) is 0 Å². The van der Waals surface area contributed by atoms with Crippen molar-refractivity contribution in [3.63, 3.8) is 0 Å². The van der Waals surface area contributed by atoms with E-state index in [-0.39, 0.29) is 103 Å². The molecule has 0 aromatic rings. The molecule has 0 spiro atoms. The van der Waals surface area contributed by atoms with Gasteiger partial charge in [-0.2, -0.15) is 0 Å². The zero-order chi connectivity index (χ0) is 0. The van der Waals surface area contributed by atoms with Gasteiger partial charge in [0.15, 0.2) is 0 Å². The van der Waals surface area contributed by atoms with E-state index in [4.69, 9.17) is 0 Å². The summed E-state index contributed by atoms with van der Waals surface area (Å²) in [5.74, 6) is 0. The van der Waals surface area contributed by atoms with Gasteiger partial charge in [-0.1, -0.05) is 0 Å². The molecular weight excluding hydrogens is 201 g/mol. The first-order valence-corrected chi connectivity index (χ1v) is 0. The molecule has 0 saturated carbocycles. The molecule has 0 atom stereocenters. The minimum atomic E-state index is 0. The van der Waals surface area contributed by atoms with E-state index in [2.05, 4.69) is 0 Å². The van der Waals surface area contributed by atoms with Crippen molar-refractivity contribution in [1.29, 1.82) is 0 Å². The molecule has 0 aromatic heterocycles. The molecule has 0 N–H and O–H groups in total. The van der Waals surface area contributed by atoms with Crippen molar-refractivity contribution in [3.8, 4) is 0 Å². The Balaban J connectivity index is 0. The normalized spacial score (nSPS) is 0. The van der Waals surface area contributed by atoms with E-state index >= 15 is 0 Å². The van der Waals surface area contributed by atoms with Crippen molar-refractivity contribution in [2.24, 2.45) is 0 Å². The second-order valence-electron chi connectivity index (χ2n) is 0. The van der Waals surface area contributed by atoms with E-state index in [9.17, 15) is 0 Å². The van der Waals surface area contributed by atoms with Gasteiger partial charge in [0.05, 0.1) is 0 Å². The zero-order valence-electron chi connectivity index (χ0n) is 7.46. The largest absolute Gasteiger partial charge is 3.00 e. The summed E-state index contributed by atoms with van der Waals surface area (Å²) >= 11 is 0. The third kappa shape index (κ3) is 58.0. The molecule has 0 amide bonds. The first kappa shape index (κ1) is 111. The molecule has 0 unspecified atom stereocenters. The Hall–Kier alpha value is 2.48. The van der Waals surface area contributed by atoms with E-state index in [1.54, 1.807) is 0 Å². The average molecular weight is 205 g/mol. The maximum absolute atomic E-state index is 0. The predicted molar refractivity (Wildman–Crippen MR) is 18.0 cm³/mol. The molecule has 0 aliphatic rings. The van der Waals surface area contributed by atoms with Gasteiger partial charge in [-0.25, -0.2) is 0 Å². The van der Waals surface area contributed by atoms with Gasteiger partial charge in [0.1, 0.15) is 0 Å². The SMILES string of the molecule is [Cr+3].[Cr+3].[H-].[H-].[H-].[H-].[Mg+2].[Mg+2].[O-2].[O-2].[O-2]. The Kier molecular flexibility index (Phi) is 1220. The summed E-state index contributed by atoms with van der Waals surface area (Å²) in [6, 6.07) is 0. The van der Waals surface area contributed by atoms with Crippen LogP contribution in [-0.4, -0.2) is 46.1 Å². The quantitative estimate of drug-likeness (QED) is 0.469. The van der Waals surface area contributed by atoms with Gasteiger partial charge < -0.3 is 22.1 Å². The van der Waals surface area contributed by atoms with Gasteiger partial charge in [-0.3, -0.25) is 0 Å². The Morgan fingerprint density at radius 3 is 0.571 bits per heavy atom. The number of hydrogen-bond acceptors (Lipinski definition) is 0. The molecule has 0 aromatic carbocycles. The first-order chi connectivity index (χ1) is 0. The molecule has 0 aliphatic carbocycles. The summed E-state index contributed by atoms with van der Waals surface area (Å²) in [6.07, 6.45) is 0. The Morgan fingerprint density at radius 1 is 0.571 bits per heavy atom. The first-order valence-electron chi connectivity index (χ1n) is 0. The maximum atomic E-state index is 0. The zero-order valence-corrected chi connectivity index (χ0v) is 8.83. The van der Waals surface area contributed by atoms with Crippen molar-refractivity contribution in [3.05, 3.63) is 0 Å². The molecule has 3 nitrogen and oxygen atoms in total. The summed E-state index contributed by atoms with van der Waals surface area (Å²) < 4.78 is 0. The van der Waals surface area contributed by atoms with Crippen molar-refractivity contribution >= 4 is 46.1 Å². The summed E-state index contributed by atoms with van der Waals surface area (Å²) in [6.45, 7) is 0. The van der Waals surface area contributed by atoms with Crippen molar-refractivity contribution in [2.75, 3.05) is 0 Å². The molecule has 7 heavy (non-hydrogen) atoms. The van der Waals surface area contributed by atoms with Gasteiger partial charge in [0.2, 0.25) is 0 Å². The van der Waals surface area contributed by atoms with Gasteiger partial charge in [0.25, 0.3) is 0 Å². The molecule has 2 radical (unpaired) electrons. The van der Waals surface area contributed by atoms with Gasteiger partial charge >= 0.3 is 80.8 Å². The molecule has 38 valence electrons. The fourth-order valence-electron chi connectivity index (χ4n) is 0. The fraction of sp³-hybridized carbons (Fsp3) is 0. The molecule has 0 aliphatic heterocycles. The average Bonchev–Trinajstić information content (AvgIpc) is 0. The van der Waals surface area contributed by atoms with E-state index in [0.29, 0.717) is 0 Å². The van der Waals surface area contributed by atoms with Crippen molar-refractivity contribution < 1.29 is 56.9 Å². The van der Waals surface area contributed by atoms with Crippen LogP contribution in [0.3, 0.4) is 0 Å². The molecule has 0 bridgehead atoms. The maximum Gasteiger partial charge on any atom is 3.00 e. The molecule has 7 heteroatoms. The van der Waals surface area contributed by atoms with Gasteiger partial charge in [0, 0.05) is 0 Å². The minimum absolute atomic E-state index is 0. The Labute approximate surface area is 102 Å². The molecular formula is H4Cr2Mg2O3.